The van der Waals surface area contributed by atoms with E-state index in [-0.39, 0.29) is 5.97 Å². The van der Waals surface area contributed by atoms with Crippen LogP contribution in [0.2, 0.25) is 39.3 Å². The first-order valence-electron chi connectivity index (χ1n) is 8.59. The minimum atomic E-state index is -1.89. The average Bonchev–Trinajstić information content (AvgIpc) is 2.45. The summed E-state index contributed by atoms with van der Waals surface area (Å²) in [6, 6.07) is 10.3. The number of nitrogens with zero attached hydrogens (tertiary/aromatic N) is 1. The molecular formula is C18H31NO2Si2. The van der Waals surface area contributed by atoms with Gasteiger partial charge in [-0.05, 0) is 51.1 Å². The minimum absolute atomic E-state index is 0.00177. The van der Waals surface area contributed by atoms with E-state index in [2.05, 4.69) is 56.0 Å². The van der Waals surface area contributed by atoms with Crippen LogP contribution < -0.4 is 0 Å². The van der Waals surface area contributed by atoms with Gasteiger partial charge in [-0.3, -0.25) is 4.79 Å². The summed E-state index contributed by atoms with van der Waals surface area (Å²) < 4.78 is 8.56. The van der Waals surface area contributed by atoms with Crippen molar-refractivity contribution in [1.82, 2.24) is 4.57 Å². The molecule has 23 heavy (non-hydrogen) atoms. The molecule has 0 aromatic heterocycles. The van der Waals surface area contributed by atoms with Crippen molar-refractivity contribution < 1.29 is 9.22 Å². The van der Waals surface area contributed by atoms with Crippen molar-refractivity contribution in [2.45, 2.75) is 57.5 Å². The first-order chi connectivity index (χ1) is 10.5. The molecule has 0 spiro atoms. The maximum absolute atomic E-state index is 13.1. The van der Waals surface area contributed by atoms with Gasteiger partial charge in [0.15, 0.2) is 0 Å². The maximum Gasteiger partial charge on any atom is 0.303 e. The van der Waals surface area contributed by atoms with Crippen LogP contribution >= 0.6 is 0 Å². The second-order valence-corrected chi connectivity index (χ2v) is 18.0. The lowest BCUT2D eigenvalue weighted by molar-refractivity contribution is -0.143. The number of carbonyl (C=O) groups is 1. The van der Waals surface area contributed by atoms with Gasteiger partial charge < -0.3 is 8.99 Å². The Kier molecular flexibility index (Phi) is 5.23. The summed E-state index contributed by atoms with van der Waals surface area (Å²) in [6.07, 6.45) is 1.73. The largest absolute Gasteiger partial charge is 0.519 e. The van der Waals surface area contributed by atoms with Crippen molar-refractivity contribution in [2.24, 2.45) is 0 Å². The highest BCUT2D eigenvalue weighted by atomic mass is 28.4. The molecule has 1 aliphatic heterocycles. The zero-order valence-electron chi connectivity index (χ0n) is 15.5. The molecule has 5 heteroatoms. The second kappa shape index (κ2) is 6.53. The molecule has 1 saturated heterocycles. The Morgan fingerprint density at radius 1 is 1.00 bits per heavy atom. The van der Waals surface area contributed by atoms with E-state index in [1.165, 1.54) is 0 Å². The number of carbonyl (C=O) groups excluding carboxylic acids is 1. The lowest BCUT2D eigenvalue weighted by Crippen LogP contribution is -2.56. The number of rotatable bonds is 4. The van der Waals surface area contributed by atoms with Gasteiger partial charge >= 0.3 is 5.97 Å². The Labute approximate surface area is 143 Å². The Balaban J connectivity index is 2.30. The fourth-order valence-corrected chi connectivity index (χ4v) is 5.62. The third kappa shape index (κ3) is 4.34. The summed E-state index contributed by atoms with van der Waals surface area (Å²) in [4.78, 5) is 13.1. The van der Waals surface area contributed by atoms with Crippen LogP contribution in [0.1, 0.15) is 18.4 Å². The molecule has 2 rings (SSSR count). The van der Waals surface area contributed by atoms with E-state index in [9.17, 15) is 4.79 Å². The molecule has 1 aliphatic rings. The van der Waals surface area contributed by atoms with Crippen LogP contribution in [-0.2, 0) is 14.6 Å². The van der Waals surface area contributed by atoms with E-state index < -0.39 is 22.0 Å². The van der Waals surface area contributed by atoms with Crippen molar-refractivity contribution in [1.29, 1.82) is 0 Å². The van der Waals surface area contributed by atoms with E-state index in [0.717, 1.165) is 31.5 Å². The standard InChI is InChI=1S/C18H31NO2Si2/c1-22(2,3)19-14-12-18(13-15-19,16-10-8-7-9-11-16)17(20)21-23(4,5)6/h7-11H,12-15H2,1-6H3. The Bertz CT molecular complexity index is 538. The van der Waals surface area contributed by atoms with Crippen LogP contribution in [-0.4, -0.2) is 40.2 Å². The Hall–Kier alpha value is -0.916. The average molecular weight is 350 g/mol. The molecule has 0 radical (unpaired) electrons. The van der Waals surface area contributed by atoms with Gasteiger partial charge in [-0.25, -0.2) is 0 Å². The molecule has 0 saturated carbocycles. The van der Waals surface area contributed by atoms with Gasteiger partial charge in [0.25, 0.3) is 0 Å². The van der Waals surface area contributed by atoms with Crippen LogP contribution in [0.4, 0.5) is 0 Å². The van der Waals surface area contributed by atoms with Crippen LogP contribution in [0.25, 0.3) is 0 Å². The predicted octanol–water partition coefficient (Wildman–Crippen LogP) is 4.23. The third-order valence-electron chi connectivity index (χ3n) is 4.68. The summed E-state index contributed by atoms with van der Waals surface area (Å²) in [5.41, 5.74) is 0.663. The summed E-state index contributed by atoms with van der Waals surface area (Å²) in [6.45, 7) is 15.4. The highest BCUT2D eigenvalue weighted by molar-refractivity contribution is 6.73. The number of piperidine rings is 1. The second-order valence-electron chi connectivity index (χ2n) is 8.61. The summed E-state index contributed by atoms with van der Waals surface area (Å²) in [5, 5.41) is 0. The van der Waals surface area contributed by atoms with Crippen molar-refractivity contribution in [3.05, 3.63) is 35.9 Å². The highest BCUT2D eigenvalue weighted by Crippen LogP contribution is 2.38. The first-order valence-corrected chi connectivity index (χ1v) is 15.4. The van der Waals surface area contributed by atoms with Gasteiger partial charge in [0, 0.05) is 0 Å². The highest BCUT2D eigenvalue weighted by Gasteiger charge is 2.46. The minimum Gasteiger partial charge on any atom is -0.519 e. The van der Waals surface area contributed by atoms with Crippen LogP contribution in [0.15, 0.2) is 30.3 Å². The zero-order chi connectivity index (χ0) is 17.3. The monoisotopic (exact) mass is 349 g/mol. The fourth-order valence-electron chi connectivity index (χ4n) is 3.30. The quantitative estimate of drug-likeness (QED) is 0.762. The topological polar surface area (TPSA) is 29.5 Å². The maximum atomic E-state index is 13.1. The molecule has 128 valence electrons. The van der Waals surface area contributed by atoms with Crippen LogP contribution in [0.5, 0.6) is 0 Å². The Morgan fingerprint density at radius 2 is 1.52 bits per heavy atom. The van der Waals surface area contributed by atoms with Crippen LogP contribution in [0, 0.1) is 0 Å². The van der Waals surface area contributed by atoms with Gasteiger partial charge in [0.05, 0.1) is 5.41 Å². The van der Waals surface area contributed by atoms with E-state index in [0.29, 0.717) is 0 Å². The summed E-state index contributed by atoms with van der Waals surface area (Å²) >= 11 is 0. The van der Waals surface area contributed by atoms with Gasteiger partial charge in [0.2, 0.25) is 8.32 Å². The predicted molar refractivity (Wildman–Crippen MR) is 102 cm³/mol. The Morgan fingerprint density at radius 3 is 1.96 bits per heavy atom. The van der Waals surface area contributed by atoms with Crippen molar-refractivity contribution in [3.63, 3.8) is 0 Å². The van der Waals surface area contributed by atoms with E-state index in [4.69, 9.17) is 4.43 Å². The summed E-state index contributed by atoms with van der Waals surface area (Å²) in [5.74, 6) is -0.00177. The molecule has 1 aromatic carbocycles. The number of hydrogen-bond donors (Lipinski definition) is 0. The van der Waals surface area contributed by atoms with Crippen molar-refractivity contribution in [3.8, 4) is 0 Å². The first kappa shape index (κ1) is 18.4. The molecule has 0 bridgehead atoms. The number of hydrogen-bond acceptors (Lipinski definition) is 3. The molecule has 0 atom stereocenters. The molecule has 1 heterocycles. The van der Waals surface area contributed by atoms with Gasteiger partial charge in [-0.1, -0.05) is 50.0 Å². The molecular weight excluding hydrogens is 318 g/mol. The number of benzene rings is 1. The molecule has 0 unspecified atom stereocenters. The normalized spacial score (nSPS) is 19.4. The molecule has 3 nitrogen and oxygen atoms in total. The lowest BCUT2D eigenvalue weighted by Gasteiger charge is -2.45. The van der Waals surface area contributed by atoms with E-state index in [1.807, 2.05) is 18.2 Å². The zero-order valence-corrected chi connectivity index (χ0v) is 17.5. The smallest absolute Gasteiger partial charge is 0.303 e. The molecule has 0 aliphatic carbocycles. The molecule has 0 N–H and O–H groups in total. The van der Waals surface area contributed by atoms with Crippen molar-refractivity contribution >= 4 is 22.5 Å². The fraction of sp³-hybridized carbons (Fsp3) is 0.611. The van der Waals surface area contributed by atoms with Crippen LogP contribution in [0.3, 0.4) is 0 Å². The summed E-state index contributed by atoms with van der Waals surface area (Å²) in [7, 11) is -3.20. The van der Waals surface area contributed by atoms with Gasteiger partial charge in [-0.2, -0.15) is 0 Å². The molecule has 1 aromatic rings. The van der Waals surface area contributed by atoms with E-state index >= 15 is 0 Å². The molecule has 1 fully saturated rings. The van der Waals surface area contributed by atoms with Gasteiger partial charge in [0.1, 0.15) is 8.24 Å². The lowest BCUT2D eigenvalue weighted by atomic mass is 9.73. The van der Waals surface area contributed by atoms with E-state index in [1.54, 1.807) is 0 Å². The van der Waals surface area contributed by atoms with Gasteiger partial charge in [-0.15, -0.1) is 0 Å². The molecule has 0 amide bonds. The third-order valence-corrected chi connectivity index (χ3v) is 7.82. The SMILES string of the molecule is C[Si](C)(C)OC(=O)C1(c2ccccc2)CCN([Si](C)(C)C)CC1. The van der Waals surface area contributed by atoms with Crippen molar-refractivity contribution in [2.75, 3.05) is 13.1 Å².